The average Bonchev–Trinajstić information content (AvgIpc) is 2.28. The van der Waals surface area contributed by atoms with Gasteiger partial charge in [0.05, 0.1) is 14.2 Å². The van der Waals surface area contributed by atoms with Gasteiger partial charge in [-0.2, -0.15) is 0 Å². The van der Waals surface area contributed by atoms with Crippen molar-refractivity contribution in [2.45, 2.75) is 26.2 Å². The van der Waals surface area contributed by atoms with Crippen molar-refractivity contribution in [1.29, 1.82) is 0 Å². The Bertz CT molecular complexity index is 361. The Hall–Kier alpha value is -1.09. The zero-order valence-corrected chi connectivity index (χ0v) is 10.9. The number of ether oxygens (including phenoxy) is 2. The second-order valence-electron chi connectivity index (χ2n) is 3.74. The van der Waals surface area contributed by atoms with Crippen LogP contribution in [-0.4, -0.2) is 19.1 Å². The third-order valence-corrected chi connectivity index (χ3v) is 2.65. The summed E-state index contributed by atoms with van der Waals surface area (Å²) in [6.07, 6.45) is 3.11. The first-order chi connectivity index (χ1) is 7.67. The van der Waals surface area contributed by atoms with Crippen LogP contribution in [0.5, 0.6) is 11.5 Å². The minimum atomic E-state index is 0.775. The van der Waals surface area contributed by atoms with Crippen LogP contribution in [0.2, 0.25) is 0 Å². The smallest absolute Gasteiger partial charge is 0.160 e. The molecule has 16 heavy (non-hydrogen) atoms. The number of rotatable bonds is 6. The maximum Gasteiger partial charge on any atom is 0.160 e. The Balaban J connectivity index is 2.64. The zero-order valence-electron chi connectivity index (χ0n) is 10.1. The van der Waals surface area contributed by atoms with Crippen LogP contribution in [0.4, 0.5) is 0 Å². The lowest BCUT2D eigenvalue weighted by Crippen LogP contribution is -1.94. The van der Waals surface area contributed by atoms with Crippen molar-refractivity contribution in [2.24, 2.45) is 0 Å². The molecule has 3 heteroatoms. The van der Waals surface area contributed by atoms with Gasteiger partial charge < -0.3 is 9.47 Å². The normalized spacial score (nSPS) is 9.94. The number of thiocarbonyl (C=S) groups is 1. The van der Waals surface area contributed by atoms with Crippen LogP contribution < -0.4 is 9.47 Å². The highest BCUT2D eigenvalue weighted by molar-refractivity contribution is 7.80. The molecule has 0 radical (unpaired) electrons. The fraction of sp³-hybridized carbons (Fsp3) is 0.462. The quantitative estimate of drug-likeness (QED) is 0.708. The lowest BCUT2D eigenvalue weighted by Gasteiger charge is -2.09. The van der Waals surface area contributed by atoms with E-state index in [4.69, 9.17) is 21.7 Å². The first-order valence-electron chi connectivity index (χ1n) is 5.37. The van der Waals surface area contributed by atoms with Crippen LogP contribution >= 0.6 is 12.2 Å². The summed E-state index contributed by atoms with van der Waals surface area (Å²) in [6, 6.07) is 6.04. The third kappa shape index (κ3) is 3.81. The van der Waals surface area contributed by atoms with Gasteiger partial charge in [0.25, 0.3) is 0 Å². The summed E-state index contributed by atoms with van der Waals surface area (Å²) in [4.78, 5) is 1.07. The van der Waals surface area contributed by atoms with Crippen molar-refractivity contribution in [3.05, 3.63) is 23.8 Å². The summed E-state index contributed by atoms with van der Waals surface area (Å²) in [5.74, 6) is 1.57. The summed E-state index contributed by atoms with van der Waals surface area (Å²) in [7, 11) is 3.30. The molecule has 0 amide bonds. The van der Waals surface area contributed by atoms with Crippen LogP contribution in [0.1, 0.15) is 25.3 Å². The van der Waals surface area contributed by atoms with E-state index >= 15 is 0 Å². The van der Waals surface area contributed by atoms with Crippen molar-refractivity contribution >= 4 is 17.1 Å². The van der Waals surface area contributed by atoms with Crippen molar-refractivity contribution in [3.63, 3.8) is 0 Å². The molecule has 0 aliphatic heterocycles. The van der Waals surface area contributed by atoms with E-state index in [1.165, 1.54) is 5.56 Å². The molecular formula is C13H18O2S. The van der Waals surface area contributed by atoms with E-state index in [2.05, 4.69) is 6.07 Å². The molecule has 1 aromatic carbocycles. The van der Waals surface area contributed by atoms with E-state index in [1.807, 2.05) is 19.1 Å². The summed E-state index contributed by atoms with van der Waals surface area (Å²) in [5, 5.41) is 0. The summed E-state index contributed by atoms with van der Waals surface area (Å²) in [5.41, 5.74) is 1.26. The molecular weight excluding hydrogens is 220 g/mol. The standard InChI is InChI=1S/C13H18O2S/c1-10(16)5-4-6-11-7-8-12(14-2)13(9-11)15-3/h7-9H,4-6H2,1-3H3. The molecule has 0 heterocycles. The second kappa shape index (κ2) is 6.48. The highest BCUT2D eigenvalue weighted by atomic mass is 32.1. The molecule has 0 aliphatic rings. The van der Waals surface area contributed by atoms with E-state index in [-0.39, 0.29) is 0 Å². The van der Waals surface area contributed by atoms with Gasteiger partial charge >= 0.3 is 0 Å². The lowest BCUT2D eigenvalue weighted by molar-refractivity contribution is 0.354. The highest BCUT2D eigenvalue weighted by Crippen LogP contribution is 2.28. The second-order valence-corrected chi connectivity index (χ2v) is 4.44. The van der Waals surface area contributed by atoms with E-state index in [9.17, 15) is 0 Å². The molecule has 0 aromatic heterocycles. The van der Waals surface area contributed by atoms with Gasteiger partial charge in [-0.1, -0.05) is 18.3 Å². The largest absolute Gasteiger partial charge is 0.493 e. The van der Waals surface area contributed by atoms with Crippen molar-refractivity contribution < 1.29 is 9.47 Å². The number of aryl methyl sites for hydroxylation is 1. The highest BCUT2D eigenvalue weighted by Gasteiger charge is 2.04. The number of methoxy groups -OCH3 is 2. The molecule has 0 atom stereocenters. The van der Waals surface area contributed by atoms with Gasteiger partial charge in [0.15, 0.2) is 11.5 Å². The Morgan fingerprint density at radius 3 is 2.44 bits per heavy atom. The topological polar surface area (TPSA) is 18.5 Å². The fourth-order valence-electron chi connectivity index (χ4n) is 1.58. The van der Waals surface area contributed by atoms with E-state index < -0.39 is 0 Å². The van der Waals surface area contributed by atoms with Gasteiger partial charge in [-0.05, 0) is 48.7 Å². The molecule has 0 saturated heterocycles. The molecule has 1 rings (SSSR count). The van der Waals surface area contributed by atoms with Crippen molar-refractivity contribution in [1.82, 2.24) is 0 Å². The maximum absolute atomic E-state index is 5.25. The van der Waals surface area contributed by atoms with Gasteiger partial charge in [-0.3, -0.25) is 0 Å². The summed E-state index contributed by atoms with van der Waals surface area (Å²) < 4.78 is 10.4. The molecule has 0 bridgehead atoms. The van der Waals surface area contributed by atoms with Gasteiger partial charge in [0.2, 0.25) is 0 Å². The third-order valence-electron chi connectivity index (χ3n) is 2.44. The Morgan fingerprint density at radius 2 is 1.88 bits per heavy atom. The van der Waals surface area contributed by atoms with Crippen LogP contribution in [0.25, 0.3) is 0 Å². The van der Waals surface area contributed by atoms with Crippen LogP contribution in [-0.2, 0) is 6.42 Å². The minimum absolute atomic E-state index is 0.775. The Labute approximate surface area is 103 Å². The van der Waals surface area contributed by atoms with Gasteiger partial charge in [-0.15, -0.1) is 0 Å². The first kappa shape index (κ1) is 13.0. The zero-order chi connectivity index (χ0) is 12.0. The summed E-state index contributed by atoms with van der Waals surface area (Å²) >= 11 is 5.05. The molecule has 0 spiro atoms. The van der Waals surface area contributed by atoms with E-state index in [1.54, 1.807) is 14.2 Å². The Morgan fingerprint density at radius 1 is 1.19 bits per heavy atom. The Kier molecular flexibility index (Phi) is 5.26. The van der Waals surface area contributed by atoms with Gasteiger partial charge in [0.1, 0.15) is 0 Å². The number of benzene rings is 1. The van der Waals surface area contributed by atoms with Crippen LogP contribution in [0, 0.1) is 0 Å². The van der Waals surface area contributed by atoms with Crippen LogP contribution in [0.3, 0.4) is 0 Å². The summed E-state index contributed by atoms with van der Waals surface area (Å²) in [6.45, 7) is 1.99. The number of hydrogen-bond acceptors (Lipinski definition) is 3. The van der Waals surface area contributed by atoms with Crippen molar-refractivity contribution in [3.8, 4) is 11.5 Å². The molecule has 88 valence electrons. The van der Waals surface area contributed by atoms with Gasteiger partial charge in [0, 0.05) is 0 Å². The van der Waals surface area contributed by atoms with Gasteiger partial charge in [-0.25, -0.2) is 0 Å². The van der Waals surface area contributed by atoms with Crippen LogP contribution in [0.15, 0.2) is 18.2 Å². The lowest BCUT2D eigenvalue weighted by atomic mass is 10.1. The number of hydrogen-bond donors (Lipinski definition) is 0. The predicted molar refractivity (Wildman–Crippen MR) is 70.8 cm³/mol. The minimum Gasteiger partial charge on any atom is -0.493 e. The fourth-order valence-corrected chi connectivity index (χ4v) is 1.72. The SMILES string of the molecule is COc1ccc(CCCC(C)=S)cc1OC. The molecule has 1 aromatic rings. The first-order valence-corrected chi connectivity index (χ1v) is 5.78. The predicted octanol–water partition coefficient (Wildman–Crippen LogP) is 3.42. The molecule has 0 saturated carbocycles. The maximum atomic E-state index is 5.25. The van der Waals surface area contributed by atoms with E-state index in [0.29, 0.717) is 0 Å². The average molecular weight is 238 g/mol. The molecule has 0 N–H and O–H groups in total. The molecule has 0 fully saturated rings. The molecule has 2 nitrogen and oxygen atoms in total. The molecule has 0 unspecified atom stereocenters. The molecule has 0 aliphatic carbocycles. The monoisotopic (exact) mass is 238 g/mol. The van der Waals surface area contributed by atoms with E-state index in [0.717, 1.165) is 35.6 Å². The van der Waals surface area contributed by atoms with Crippen molar-refractivity contribution in [2.75, 3.05) is 14.2 Å².